The largest absolute Gasteiger partial charge is 0.373 e. The Hall–Kier alpha value is -2.51. The van der Waals surface area contributed by atoms with Crippen LogP contribution in [0.5, 0.6) is 0 Å². The Labute approximate surface area is 174 Å². The molecule has 1 saturated carbocycles. The van der Waals surface area contributed by atoms with Crippen LogP contribution in [0, 0.1) is 6.92 Å². The van der Waals surface area contributed by atoms with Crippen LogP contribution in [-0.4, -0.2) is 36.9 Å². The molecule has 2 aromatic heterocycles. The summed E-state index contributed by atoms with van der Waals surface area (Å²) in [5.74, 6) is 2.64. The van der Waals surface area contributed by atoms with Gasteiger partial charge in [0, 0.05) is 6.04 Å². The minimum absolute atomic E-state index is 0.106. The normalized spacial score (nSPS) is 22.7. The molecular formula is C21H23ClN6O. The third-order valence-corrected chi connectivity index (χ3v) is 6.05. The molecule has 1 fully saturated rings. The van der Waals surface area contributed by atoms with E-state index in [1.54, 1.807) is 6.20 Å². The smallest absolute Gasteiger partial charge is 0.224 e. The van der Waals surface area contributed by atoms with Gasteiger partial charge in [0.05, 0.1) is 24.9 Å². The second-order valence-electron chi connectivity index (χ2n) is 7.66. The van der Waals surface area contributed by atoms with Crippen molar-refractivity contribution in [3.8, 4) is 5.69 Å². The van der Waals surface area contributed by atoms with E-state index in [2.05, 4.69) is 48.7 Å². The topological polar surface area (TPSA) is 69.0 Å². The lowest BCUT2D eigenvalue weighted by Crippen LogP contribution is -2.52. The number of fused-ring (bicyclic) bond motifs is 3. The fraction of sp³-hybridized carbons (Fsp3) is 0.429. The number of anilines is 1. The summed E-state index contributed by atoms with van der Waals surface area (Å²) in [6, 6.07) is 10.7. The highest BCUT2D eigenvalue weighted by Crippen LogP contribution is 2.44. The third kappa shape index (κ3) is 3.18. The molecule has 2 aliphatic rings. The summed E-state index contributed by atoms with van der Waals surface area (Å²) in [6.45, 7) is 4.77. The van der Waals surface area contributed by atoms with E-state index < -0.39 is 0 Å². The maximum Gasteiger partial charge on any atom is 0.224 e. The molecule has 0 spiro atoms. The highest BCUT2D eigenvalue weighted by molar-refractivity contribution is 6.28. The Morgan fingerprint density at radius 3 is 2.72 bits per heavy atom. The summed E-state index contributed by atoms with van der Waals surface area (Å²) in [4.78, 5) is 11.2. The van der Waals surface area contributed by atoms with Crippen molar-refractivity contribution in [1.29, 1.82) is 0 Å². The SMILES string of the molecule is CCC1c2nnc(C)n2-c2cnc(Cl)nc2N1C1CC(OCc2ccccc2)C1. The van der Waals surface area contributed by atoms with Gasteiger partial charge < -0.3 is 9.64 Å². The zero-order chi connectivity index (χ0) is 20.0. The van der Waals surface area contributed by atoms with Crippen LogP contribution in [0.25, 0.3) is 5.69 Å². The van der Waals surface area contributed by atoms with Gasteiger partial charge in [-0.1, -0.05) is 37.3 Å². The molecule has 8 heteroatoms. The molecule has 0 amide bonds. The van der Waals surface area contributed by atoms with Gasteiger partial charge in [-0.25, -0.2) is 4.98 Å². The third-order valence-electron chi connectivity index (χ3n) is 5.87. The molecule has 7 nitrogen and oxygen atoms in total. The molecule has 1 aliphatic carbocycles. The summed E-state index contributed by atoms with van der Waals surface area (Å²) >= 11 is 6.17. The first kappa shape index (κ1) is 18.5. The van der Waals surface area contributed by atoms with Gasteiger partial charge in [-0.3, -0.25) is 4.57 Å². The molecular weight excluding hydrogens is 388 g/mol. The van der Waals surface area contributed by atoms with E-state index in [0.29, 0.717) is 12.6 Å². The summed E-state index contributed by atoms with van der Waals surface area (Å²) in [5, 5.41) is 9.03. The van der Waals surface area contributed by atoms with Gasteiger partial charge in [0.25, 0.3) is 0 Å². The van der Waals surface area contributed by atoms with Gasteiger partial charge >= 0.3 is 0 Å². The van der Waals surface area contributed by atoms with E-state index in [0.717, 1.165) is 42.4 Å². The molecule has 29 heavy (non-hydrogen) atoms. The Balaban J connectivity index is 1.38. The van der Waals surface area contributed by atoms with E-state index in [-0.39, 0.29) is 17.4 Å². The summed E-state index contributed by atoms with van der Waals surface area (Å²) in [6.07, 6.45) is 4.84. The summed E-state index contributed by atoms with van der Waals surface area (Å²) < 4.78 is 8.17. The van der Waals surface area contributed by atoms with Crippen molar-refractivity contribution in [2.75, 3.05) is 4.90 Å². The number of rotatable bonds is 5. The number of ether oxygens (including phenoxy) is 1. The van der Waals surface area contributed by atoms with Gasteiger partial charge in [0.2, 0.25) is 5.28 Å². The van der Waals surface area contributed by atoms with E-state index >= 15 is 0 Å². The number of aryl methyl sites for hydroxylation is 1. The van der Waals surface area contributed by atoms with Gasteiger partial charge in [0.1, 0.15) is 11.5 Å². The average Bonchev–Trinajstić information content (AvgIpc) is 3.09. The number of hydrogen-bond donors (Lipinski definition) is 0. The van der Waals surface area contributed by atoms with Crippen LogP contribution in [0.3, 0.4) is 0 Å². The lowest BCUT2D eigenvalue weighted by Gasteiger charge is -2.48. The second-order valence-corrected chi connectivity index (χ2v) is 8.00. The monoisotopic (exact) mass is 410 g/mol. The van der Waals surface area contributed by atoms with Gasteiger partial charge in [-0.15, -0.1) is 10.2 Å². The first-order chi connectivity index (χ1) is 14.2. The van der Waals surface area contributed by atoms with Crippen molar-refractivity contribution in [3.05, 3.63) is 59.0 Å². The van der Waals surface area contributed by atoms with Gasteiger partial charge in [-0.2, -0.15) is 4.98 Å². The Bertz CT molecular complexity index is 1020. The Kier molecular flexibility index (Phi) is 4.72. The van der Waals surface area contributed by atoms with E-state index in [1.165, 1.54) is 5.56 Å². The predicted octanol–water partition coefficient (Wildman–Crippen LogP) is 4.04. The number of benzene rings is 1. The number of nitrogens with zero attached hydrogens (tertiary/aromatic N) is 6. The molecule has 0 radical (unpaired) electrons. The molecule has 1 aliphatic heterocycles. The highest BCUT2D eigenvalue weighted by atomic mass is 35.5. The van der Waals surface area contributed by atoms with Crippen LogP contribution in [0.2, 0.25) is 5.28 Å². The van der Waals surface area contributed by atoms with Gasteiger partial charge in [0.15, 0.2) is 11.6 Å². The second kappa shape index (κ2) is 7.39. The molecule has 3 aromatic rings. The van der Waals surface area contributed by atoms with Crippen molar-refractivity contribution < 1.29 is 4.74 Å². The van der Waals surface area contributed by atoms with Crippen molar-refractivity contribution in [1.82, 2.24) is 24.7 Å². The van der Waals surface area contributed by atoms with Crippen LogP contribution in [0.15, 0.2) is 36.5 Å². The van der Waals surface area contributed by atoms with Crippen LogP contribution in [0.1, 0.15) is 49.4 Å². The maximum atomic E-state index is 6.17. The molecule has 3 heterocycles. The molecule has 1 unspecified atom stereocenters. The number of hydrogen-bond acceptors (Lipinski definition) is 6. The van der Waals surface area contributed by atoms with E-state index in [1.807, 2.05) is 25.1 Å². The standard InChI is InChI=1S/C21H23ClN6O/c1-3-17-20-26-25-13(2)27(20)18-11-23-21(22)24-19(18)28(17)15-9-16(10-15)29-12-14-7-5-4-6-8-14/h4-8,11,15-17H,3,9-10,12H2,1-2H3. The van der Waals surface area contributed by atoms with Gasteiger partial charge in [-0.05, 0) is 43.4 Å². The zero-order valence-electron chi connectivity index (χ0n) is 16.5. The molecule has 0 N–H and O–H groups in total. The van der Waals surface area contributed by atoms with Crippen LogP contribution >= 0.6 is 11.6 Å². The molecule has 0 bridgehead atoms. The van der Waals surface area contributed by atoms with E-state index in [9.17, 15) is 0 Å². The quantitative estimate of drug-likeness (QED) is 0.591. The molecule has 150 valence electrons. The Morgan fingerprint density at radius 2 is 1.97 bits per heavy atom. The van der Waals surface area contributed by atoms with Crippen molar-refractivity contribution >= 4 is 17.4 Å². The molecule has 5 rings (SSSR count). The first-order valence-corrected chi connectivity index (χ1v) is 10.4. The predicted molar refractivity (Wildman–Crippen MR) is 110 cm³/mol. The average molecular weight is 411 g/mol. The molecule has 1 aromatic carbocycles. The van der Waals surface area contributed by atoms with Crippen molar-refractivity contribution in [2.45, 2.75) is 57.9 Å². The first-order valence-electron chi connectivity index (χ1n) is 10.0. The number of halogens is 1. The molecule has 1 atom stereocenters. The zero-order valence-corrected chi connectivity index (χ0v) is 17.3. The minimum atomic E-state index is 0.106. The Morgan fingerprint density at radius 1 is 1.17 bits per heavy atom. The highest BCUT2D eigenvalue weighted by Gasteiger charge is 2.43. The minimum Gasteiger partial charge on any atom is -0.373 e. The number of aromatic nitrogens is 5. The lowest BCUT2D eigenvalue weighted by atomic mass is 9.85. The van der Waals surface area contributed by atoms with E-state index in [4.69, 9.17) is 16.3 Å². The summed E-state index contributed by atoms with van der Waals surface area (Å²) in [5.41, 5.74) is 2.10. The molecule has 0 saturated heterocycles. The van der Waals surface area contributed by atoms with Crippen LogP contribution < -0.4 is 4.90 Å². The van der Waals surface area contributed by atoms with Crippen LogP contribution in [-0.2, 0) is 11.3 Å². The fourth-order valence-corrected chi connectivity index (χ4v) is 4.48. The fourth-order valence-electron chi connectivity index (χ4n) is 4.35. The maximum absolute atomic E-state index is 6.17. The lowest BCUT2D eigenvalue weighted by molar-refractivity contribution is -0.0225. The van der Waals surface area contributed by atoms with Crippen molar-refractivity contribution in [2.24, 2.45) is 0 Å². The van der Waals surface area contributed by atoms with Crippen LogP contribution in [0.4, 0.5) is 5.82 Å². The van der Waals surface area contributed by atoms with Crippen molar-refractivity contribution in [3.63, 3.8) is 0 Å². The summed E-state index contributed by atoms with van der Waals surface area (Å²) in [7, 11) is 0.